The Hall–Kier alpha value is -5.33. The second-order valence-electron chi connectivity index (χ2n) is 11.2. The summed E-state index contributed by atoms with van der Waals surface area (Å²) in [7, 11) is 2.00. The van der Waals surface area contributed by atoms with Crippen molar-refractivity contribution in [2.45, 2.75) is 6.17 Å². The van der Waals surface area contributed by atoms with Crippen molar-refractivity contribution in [1.82, 2.24) is 19.1 Å². The normalized spacial score (nSPS) is 12.7. The van der Waals surface area contributed by atoms with Crippen LogP contribution in [0.5, 0.6) is 0 Å². The molecule has 0 aliphatic carbocycles. The van der Waals surface area contributed by atoms with Gasteiger partial charge in [-0.1, -0.05) is 60.7 Å². The smallest absolute Gasteiger partial charge is 0.150 e. The molecule has 0 saturated heterocycles. The van der Waals surface area contributed by atoms with Gasteiger partial charge in [-0.05, 0) is 71.8 Å². The Bertz CT molecular complexity index is 2550. The Kier molecular flexibility index (Phi) is 5.49. The number of hydrogen-bond donors (Lipinski definition) is 0. The first-order chi connectivity index (χ1) is 21.6. The van der Waals surface area contributed by atoms with Gasteiger partial charge in [0.1, 0.15) is 11.5 Å². The summed E-state index contributed by atoms with van der Waals surface area (Å²) in [6, 6.07) is 40.7. The third kappa shape index (κ3) is 3.74. The van der Waals surface area contributed by atoms with Gasteiger partial charge in [0.25, 0.3) is 0 Å². The zero-order valence-corrected chi connectivity index (χ0v) is 24.6. The van der Waals surface area contributed by atoms with E-state index >= 15 is 4.39 Å². The lowest BCUT2D eigenvalue weighted by atomic mass is 10.00. The van der Waals surface area contributed by atoms with Crippen LogP contribution >= 0.6 is 11.3 Å². The van der Waals surface area contributed by atoms with Crippen LogP contribution in [0.15, 0.2) is 128 Å². The van der Waals surface area contributed by atoms with E-state index in [1.165, 1.54) is 20.2 Å². The molecule has 0 N–H and O–H groups in total. The molecule has 0 aliphatic heterocycles. The van der Waals surface area contributed by atoms with E-state index in [1.54, 1.807) is 0 Å². The van der Waals surface area contributed by atoms with Crippen molar-refractivity contribution >= 4 is 64.5 Å². The molecule has 0 radical (unpaired) electrons. The van der Waals surface area contributed by atoms with Gasteiger partial charge in [-0.2, -0.15) is 0 Å². The van der Waals surface area contributed by atoms with Crippen LogP contribution in [0.25, 0.3) is 70.2 Å². The molecule has 0 aliphatic rings. The van der Waals surface area contributed by atoms with Gasteiger partial charge in [-0.25, -0.2) is 14.4 Å². The topological polar surface area (TPSA) is 35.6 Å². The molecule has 9 rings (SSSR count). The molecule has 0 fully saturated rings. The van der Waals surface area contributed by atoms with E-state index in [1.807, 2.05) is 97.4 Å². The second-order valence-corrected chi connectivity index (χ2v) is 12.3. The number of hydrogen-bond acceptors (Lipinski definition) is 3. The number of halogens is 1. The minimum absolute atomic E-state index is 0.595. The number of imidazole rings is 1. The highest BCUT2D eigenvalue weighted by molar-refractivity contribution is 7.25. The van der Waals surface area contributed by atoms with Gasteiger partial charge in [-0.15, -0.1) is 11.3 Å². The number of fused-ring (bicyclic) bond motifs is 7. The van der Waals surface area contributed by atoms with E-state index in [-0.39, 0.29) is 0 Å². The third-order valence-electron chi connectivity index (χ3n) is 8.67. The minimum atomic E-state index is -1.31. The maximum absolute atomic E-state index is 16.4. The van der Waals surface area contributed by atoms with Crippen molar-refractivity contribution in [3.8, 4) is 17.1 Å². The first kappa shape index (κ1) is 25.2. The van der Waals surface area contributed by atoms with Crippen LogP contribution in [0.4, 0.5) is 4.39 Å². The quantitative estimate of drug-likeness (QED) is 0.205. The summed E-state index contributed by atoms with van der Waals surface area (Å²) < 4.78 is 23.2. The number of pyridine rings is 1. The third-order valence-corrected chi connectivity index (χ3v) is 9.80. The average molecular weight is 589 g/mol. The number of aryl methyl sites for hydroxylation is 1. The van der Waals surface area contributed by atoms with Crippen molar-refractivity contribution in [1.29, 1.82) is 0 Å². The predicted molar refractivity (Wildman–Crippen MR) is 181 cm³/mol. The van der Waals surface area contributed by atoms with Crippen LogP contribution in [0.1, 0.15) is 17.3 Å². The lowest BCUT2D eigenvalue weighted by Gasteiger charge is -2.14. The van der Waals surface area contributed by atoms with Gasteiger partial charge >= 0.3 is 0 Å². The highest BCUT2D eigenvalue weighted by Crippen LogP contribution is 2.40. The summed E-state index contributed by atoms with van der Waals surface area (Å²) in [5.74, 6) is 0.817. The van der Waals surface area contributed by atoms with E-state index in [4.69, 9.17) is 9.97 Å². The Morgan fingerprint density at radius 1 is 0.659 bits per heavy atom. The summed E-state index contributed by atoms with van der Waals surface area (Å²) in [6.07, 6.45) is 0.516. The minimum Gasteiger partial charge on any atom is -0.327 e. The maximum Gasteiger partial charge on any atom is 0.150 e. The summed E-state index contributed by atoms with van der Waals surface area (Å²) >= 11 is 1.81. The number of nitrogens with zero attached hydrogens (tertiary/aromatic N) is 4. The molecule has 9 aromatic rings. The Labute approximate surface area is 256 Å². The number of para-hydroxylation sites is 2. The van der Waals surface area contributed by atoms with Crippen LogP contribution in [0, 0.1) is 0 Å². The van der Waals surface area contributed by atoms with E-state index in [0.29, 0.717) is 11.1 Å². The van der Waals surface area contributed by atoms with Gasteiger partial charge in [0, 0.05) is 55.4 Å². The molecule has 4 heterocycles. The van der Waals surface area contributed by atoms with Crippen LogP contribution in [0.2, 0.25) is 0 Å². The fraction of sp³-hybridized carbons (Fsp3) is 0.0526. The van der Waals surface area contributed by atoms with E-state index < -0.39 is 6.17 Å². The van der Waals surface area contributed by atoms with E-state index in [2.05, 4.69) is 57.7 Å². The number of rotatable bonds is 4. The fourth-order valence-electron chi connectivity index (χ4n) is 6.57. The monoisotopic (exact) mass is 588 g/mol. The molecule has 0 spiro atoms. The van der Waals surface area contributed by atoms with Crippen molar-refractivity contribution in [3.63, 3.8) is 0 Å². The standard InChI is InChI=1S/C38H25FN4S/c1-42-32-16-4-3-15-31(32)41-37(42)25-11-6-9-23(19-25)36(39)24-10-7-12-26(20-24)43-33-21-30-27-13-2-5-17-34(27)44-35(30)22-29(33)28-14-8-18-40-38(28)43/h2-22,36H,1H3. The molecule has 0 bridgehead atoms. The fourth-order valence-corrected chi connectivity index (χ4v) is 7.70. The van der Waals surface area contributed by atoms with Crippen molar-refractivity contribution in [2.75, 3.05) is 0 Å². The highest BCUT2D eigenvalue weighted by atomic mass is 32.1. The molecule has 4 aromatic heterocycles. The maximum atomic E-state index is 16.4. The van der Waals surface area contributed by atoms with Crippen molar-refractivity contribution < 1.29 is 4.39 Å². The summed E-state index contributed by atoms with van der Waals surface area (Å²) in [5.41, 5.74) is 6.85. The zero-order chi connectivity index (χ0) is 29.4. The summed E-state index contributed by atoms with van der Waals surface area (Å²) in [5, 5.41) is 4.70. The van der Waals surface area contributed by atoms with Crippen LogP contribution in [-0.2, 0) is 7.05 Å². The van der Waals surface area contributed by atoms with Crippen molar-refractivity contribution in [3.05, 3.63) is 139 Å². The lowest BCUT2D eigenvalue weighted by molar-refractivity contribution is 0.402. The molecular weight excluding hydrogens is 564 g/mol. The molecule has 1 unspecified atom stereocenters. The Morgan fingerprint density at radius 3 is 2.36 bits per heavy atom. The molecule has 4 nitrogen and oxygen atoms in total. The van der Waals surface area contributed by atoms with Gasteiger partial charge in [0.2, 0.25) is 0 Å². The molecular formula is C38H25FN4S. The first-order valence-electron chi connectivity index (χ1n) is 14.6. The predicted octanol–water partition coefficient (Wildman–Crippen LogP) is 10.2. The van der Waals surface area contributed by atoms with Crippen LogP contribution in [-0.4, -0.2) is 19.1 Å². The Balaban J connectivity index is 1.18. The summed E-state index contributed by atoms with van der Waals surface area (Å²) in [4.78, 5) is 9.63. The van der Waals surface area contributed by atoms with Gasteiger partial charge in [0.05, 0.1) is 16.6 Å². The number of benzene rings is 5. The molecule has 44 heavy (non-hydrogen) atoms. The van der Waals surface area contributed by atoms with Gasteiger partial charge in [-0.3, -0.25) is 4.57 Å². The largest absolute Gasteiger partial charge is 0.327 e. The first-order valence-corrected chi connectivity index (χ1v) is 15.4. The lowest BCUT2D eigenvalue weighted by Crippen LogP contribution is -2.00. The SMILES string of the molecule is Cn1c(-c2cccc(C(F)c3cccc(-n4c5cc6c(cc5c5cccnc54)sc4ccccc46)c3)c2)nc2ccccc21. The molecule has 0 saturated carbocycles. The Morgan fingerprint density at radius 2 is 1.45 bits per heavy atom. The molecule has 210 valence electrons. The number of alkyl halides is 1. The van der Waals surface area contributed by atoms with Gasteiger partial charge < -0.3 is 4.57 Å². The second kappa shape index (κ2) is 9.59. The van der Waals surface area contributed by atoms with Crippen LogP contribution < -0.4 is 0 Å². The zero-order valence-electron chi connectivity index (χ0n) is 23.8. The number of thiophene rings is 1. The molecule has 0 amide bonds. The summed E-state index contributed by atoms with van der Waals surface area (Å²) in [6.45, 7) is 0. The molecule has 5 aromatic carbocycles. The number of aromatic nitrogens is 4. The van der Waals surface area contributed by atoms with E-state index in [0.717, 1.165) is 50.0 Å². The highest BCUT2D eigenvalue weighted by Gasteiger charge is 2.19. The van der Waals surface area contributed by atoms with E-state index in [9.17, 15) is 0 Å². The molecule has 6 heteroatoms. The molecule has 1 atom stereocenters. The van der Waals surface area contributed by atoms with Crippen molar-refractivity contribution in [2.24, 2.45) is 7.05 Å². The average Bonchev–Trinajstić information content (AvgIpc) is 3.72. The van der Waals surface area contributed by atoms with Crippen LogP contribution in [0.3, 0.4) is 0 Å². The van der Waals surface area contributed by atoms with Gasteiger partial charge in [0.15, 0.2) is 6.17 Å².